The van der Waals surface area contributed by atoms with Crippen LogP contribution in [0.1, 0.15) is 49.3 Å². The Labute approximate surface area is 158 Å². The molecular formula is C20H25N3O4. The number of hydrogen-bond acceptors (Lipinski definition) is 6. The van der Waals surface area contributed by atoms with E-state index in [2.05, 4.69) is 10.2 Å². The topological polar surface area (TPSA) is 75.5 Å². The van der Waals surface area contributed by atoms with Gasteiger partial charge >= 0.3 is 5.97 Å². The first-order valence-corrected chi connectivity index (χ1v) is 9.14. The molecule has 0 saturated heterocycles. The van der Waals surface area contributed by atoms with E-state index >= 15 is 0 Å². The Morgan fingerprint density at radius 2 is 2.00 bits per heavy atom. The van der Waals surface area contributed by atoms with E-state index < -0.39 is 5.97 Å². The molecule has 0 amide bonds. The Morgan fingerprint density at radius 3 is 2.70 bits per heavy atom. The first-order valence-electron chi connectivity index (χ1n) is 9.14. The van der Waals surface area contributed by atoms with E-state index in [-0.39, 0.29) is 5.76 Å². The van der Waals surface area contributed by atoms with Crippen molar-refractivity contribution in [2.75, 3.05) is 14.2 Å². The molecule has 144 valence electrons. The largest absolute Gasteiger partial charge is 0.500 e. The van der Waals surface area contributed by atoms with Gasteiger partial charge in [0, 0.05) is 12.0 Å². The number of ether oxygens (including phenoxy) is 3. The van der Waals surface area contributed by atoms with Crippen LogP contribution in [0.3, 0.4) is 0 Å². The lowest BCUT2D eigenvalue weighted by atomic mass is 9.87. The zero-order chi connectivity index (χ0) is 19.2. The second-order valence-electron chi connectivity index (χ2n) is 6.66. The molecular weight excluding hydrogens is 346 g/mol. The van der Waals surface area contributed by atoms with Gasteiger partial charge < -0.3 is 14.2 Å². The van der Waals surface area contributed by atoms with Crippen LogP contribution in [0.4, 0.5) is 0 Å². The van der Waals surface area contributed by atoms with E-state index in [0.717, 1.165) is 16.9 Å². The minimum Gasteiger partial charge on any atom is -0.500 e. The van der Waals surface area contributed by atoms with Crippen molar-refractivity contribution in [2.45, 2.75) is 44.9 Å². The smallest absolute Gasteiger partial charge is 0.377 e. The highest BCUT2D eigenvalue weighted by molar-refractivity contribution is 5.86. The molecule has 1 aliphatic carbocycles. The summed E-state index contributed by atoms with van der Waals surface area (Å²) in [7, 11) is 2.73. The first-order chi connectivity index (χ1) is 13.1. The van der Waals surface area contributed by atoms with E-state index in [1.165, 1.54) is 52.6 Å². The van der Waals surface area contributed by atoms with Crippen molar-refractivity contribution in [1.29, 1.82) is 0 Å². The van der Waals surface area contributed by atoms with Gasteiger partial charge in [0.2, 0.25) is 5.76 Å². The predicted octanol–water partition coefficient (Wildman–Crippen LogP) is 3.66. The second-order valence-corrected chi connectivity index (χ2v) is 6.66. The highest BCUT2D eigenvalue weighted by Crippen LogP contribution is 2.31. The molecule has 7 heteroatoms. The number of methoxy groups -OCH3 is 2. The predicted molar refractivity (Wildman–Crippen MR) is 99.7 cm³/mol. The average molecular weight is 371 g/mol. The number of aryl methyl sites for hydroxylation is 1. The third kappa shape index (κ3) is 4.48. The third-order valence-electron chi connectivity index (χ3n) is 4.77. The number of hydrogen-bond donors (Lipinski definition) is 0. The molecule has 0 atom stereocenters. The number of aromatic nitrogens is 3. The Balaban J connectivity index is 1.83. The molecule has 1 saturated carbocycles. The van der Waals surface area contributed by atoms with Gasteiger partial charge in [-0.15, -0.1) is 0 Å². The molecule has 27 heavy (non-hydrogen) atoms. The molecule has 0 spiro atoms. The van der Waals surface area contributed by atoms with Crippen LogP contribution in [-0.4, -0.2) is 35.2 Å². The van der Waals surface area contributed by atoms with Crippen molar-refractivity contribution in [3.8, 4) is 11.4 Å². The zero-order valence-electron chi connectivity index (χ0n) is 16.0. The van der Waals surface area contributed by atoms with Gasteiger partial charge in [-0.05, 0) is 31.4 Å². The van der Waals surface area contributed by atoms with Crippen molar-refractivity contribution in [3.63, 3.8) is 0 Å². The number of benzene rings is 1. The molecule has 7 nitrogen and oxygen atoms in total. The lowest BCUT2D eigenvalue weighted by Crippen LogP contribution is -2.12. The highest BCUT2D eigenvalue weighted by atomic mass is 16.6. The van der Waals surface area contributed by atoms with Gasteiger partial charge in [-0.1, -0.05) is 25.3 Å². The fraction of sp³-hybridized carbons (Fsp3) is 0.450. The van der Waals surface area contributed by atoms with Crippen LogP contribution in [0.15, 0.2) is 36.4 Å². The normalized spacial score (nSPS) is 15.4. The molecule has 0 radical (unpaired) electrons. The second kappa shape index (κ2) is 8.70. The van der Waals surface area contributed by atoms with Gasteiger partial charge in [-0.3, -0.25) is 0 Å². The molecule has 2 aromatic rings. The Bertz CT molecular complexity index is 822. The first kappa shape index (κ1) is 18.9. The van der Waals surface area contributed by atoms with Gasteiger partial charge in [0.15, 0.2) is 0 Å². The van der Waals surface area contributed by atoms with Crippen molar-refractivity contribution in [2.24, 2.45) is 0 Å². The average Bonchev–Trinajstić information content (AvgIpc) is 3.19. The van der Waals surface area contributed by atoms with Crippen molar-refractivity contribution < 1.29 is 19.0 Å². The summed E-state index contributed by atoms with van der Waals surface area (Å²) in [5, 5.41) is 9.08. The lowest BCUT2D eigenvalue weighted by Gasteiger charge is -2.18. The van der Waals surface area contributed by atoms with Gasteiger partial charge in [0.05, 0.1) is 31.8 Å². The van der Waals surface area contributed by atoms with Crippen LogP contribution >= 0.6 is 0 Å². The Hall–Kier alpha value is -2.83. The minimum absolute atomic E-state index is 0.0310. The standard InChI is InChI=1S/C20H25N3O4/c1-14-9-10-16(11-18(14)27-19(13-25-2)20(24)26-3)23-21-12-17(22-23)15-7-5-4-6-8-15/h9-13,15H,4-8H2,1-3H3/b19-13-. The van der Waals surface area contributed by atoms with Crippen molar-refractivity contribution in [1.82, 2.24) is 15.0 Å². The van der Waals surface area contributed by atoms with Crippen LogP contribution in [0, 0.1) is 6.92 Å². The van der Waals surface area contributed by atoms with Crippen LogP contribution < -0.4 is 4.74 Å². The molecule has 0 N–H and O–H groups in total. The summed E-state index contributed by atoms with van der Waals surface area (Å²) in [6.07, 6.45) is 9.22. The maximum absolute atomic E-state index is 11.8. The van der Waals surface area contributed by atoms with Crippen LogP contribution in [0.25, 0.3) is 5.69 Å². The van der Waals surface area contributed by atoms with Gasteiger partial charge in [-0.25, -0.2) is 4.79 Å². The molecule has 3 rings (SSSR count). The fourth-order valence-corrected chi connectivity index (χ4v) is 3.25. The number of rotatable bonds is 6. The Morgan fingerprint density at radius 1 is 1.22 bits per heavy atom. The van der Waals surface area contributed by atoms with E-state index in [4.69, 9.17) is 14.2 Å². The van der Waals surface area contributed by atoms with Crippen molar-refractivity contribution >= 4 is 5.97 Å². The van der Waals surface area contributed by atoms with Crippen molar-refractivity contribution in [3.05, 3.63) is 47.7 Å². The van der Waals surface area contributed by atoms with E-state index in [1.807, 2.05) is 25.3 Å². The zero-order valence-corrected chi connectivity index (χ0v) is 16.0. The van der Waals surface area contributed by atoms with Crippen LogP contribution in [-0.2, 0) is 14.3 Å². The van der Waals surface area contributed by atoms with Gasteiger partial charge in [-0.2, -0.15) is 15.0 Å². The quantitative estimate of drug-likeness (QED) is 0.438. The monoisotopic (exact) mass is 371 g/mol. The molecule has 1 aromatic carbocycles. The SMILES string of the molecule is CO/C=C(\Oc1cc(-n2ncc(C3CCCCC3)n2)ccc1C)C(=O)OC. The van der Waals surface area contributed by atoms with E-state index in [1.54, 1.807) is 10.9 Å². The number of carbonyl (C=O) groups is 1. The maximum atomic E-state index is 11.8. The summed E-state index contributed by atoms with van der Waals surface area (Å²) >= 11 is 0. The molecule has 0 bridgehead atoms. The Kier molecular flexibility index (Phi) is 6.11. The van der Waals surface area contributed by atoms with E-state index in [9.17, 15) is 4.79 Å². The number of carbonyl (C=O) groups excluding carboxylic acids is 1. The third-order valence-corrected chi connectivity index (χ3v) is 4.77. The van der Waals surface area contributed by atoms with Crippen LogP contribution in [0.5, 0.6) is 5.75 Å². The molecule has 1 heterocycles. The molecule has 1 fully saturated rings. The molecule has 0 unspecified atom stereocenters. The highest BCUT2D eigenvalue weighted by Gasteiger charge is 2.19. The lowest BCUT2D eigenvalue weighted by molar-refractivity contribution is -0.138. The minimum atomic E-state index is -0.613. The summed E-state index contributed by atoms with van der Waals surface area (Å²) in [6.45, 7) is 1.89. The van der Waals surface area contributed by atoms with Gasteiger partial charge in [0.25, 0.3) is 0 Å². The van der Waals surface area contributed by atoms with Gasteiger partial charge in [0.1, 0.15) is 12.0 Å². The molecule has 0 aliphatic heterocycles. The summed E-state index contributed by atoms with van der Waals surface area (Å²) in [4.78, 5) is 13.4. The summed E-state index contributed by atoms with van der Waals surface area (Å²) in [5.41, 5.74) is 2.66. The molecule has 1 aliphatic rings. The number of esters is 1. The summed E-state index contributed by atoms with van der Waals surface area (Å²) < 4.78 is 15.3. The number of nitrogens with zero attached hydrogens (tertiary/aromatic N) is 3. The fourth-order valence-electron chi connectivity index (χ4n) is 3.25. The van der Waals surface area contributed by atoms with Crippen LogP contribution in [0.2, 0.25) is 0 Å². The maximum Gasteiger partial charge on any atom is 0.377 e. The summed E-state index contributed by atoms with van der Waals surface area (Å²) in [6, 6.07) is 5.62. The van der Waals surface area contributed by atoms with E-state index in [0.29, 0.717) is 11.7 Å². The summed E-state index contributed by atoms with van der Waals surface area (Å²) in [5.74, 6) is 0.358. The molecule has 1 aromatic heterocycles.